The van der Waals surface area contributed by atoms with Crippen LogP contribution in [0, 0.1) is 0 Å². The van der Waals surface area contributed by atoms with Gasteiger partial charge < -0.3 is 9.30 Å². The third-order valence-corrected chi connectivity index (χ3v) is 8.11. The molecule has 33 heavy (non-hydrogen) atoms. The van der Waals surface area contributed by atoms with Gasteiger partial charge >= 0.3 is 5.97 Å². The molecule has 1 heterocycles. The van der Waals surface area contributed by atoms with Gasteiger partial charge in [0.05, 0.1) is 11.2 Å². The second-order valence-corrected chi connectivity index (χ2v) is 10.0. The number of esters is 1. The highest BCUT2D eigenvalue weighted by atomic mass is 31.1. The highest BCUT2D eigenvalue weighted by molar-refractivity contribution is 7.80. The van der Waals surface area contributed by atoms with Crippen molar-refractivity contribution in [1.29, 1.82) is 0 Å². The Hall–Kier alpha value is -3.68. The lowest BCUT2D eigenvalue weighted by Gasteiger charge is -2.25. The second-order valence-electron chi connectivity index (χ2n) is 7.82. The van der Waals surface area contributed by atoms with Crippen LogP contribution in [0.1, 0.15) is 12.5 Å². The van der Waals surface area contributed by atoms with E-state index in [1.54, 1.807) is 0 Å². The fourth-order valence-corrected chi connectivity index (χ4v) is 6.68. The van der Waals surface area contributed by atoms with Gasteiger partial charge in [-0.1, -0.05) is 97.1 Å². The number of hydrogen-bond acceptors (Lipinski definition) is 2. The Morgan fingerprint density at radius 2 is 1.39 bits per heavy atom. The summed E-state index contributed by atoms with van der Waals surface area (Å²) in [6.45, 7) is 1.69. The van der Waals surface area contributed by atoms with Gasteiger partial charge in [-0.15, -0.1) is 0 Å². The Morgan fingerprint density at radius 3 is 2.06 bits per heavy atom. The minimum absolute atomic E-state index is 0.234. The lowest BCUT2D eigenvalue weighted by Crippen LogP contribution is -2.25. The van der Waals surface area contributed by atoms with Gasteiger partial charge in [-0.05, 0) is 36.0 Å². The Labute approximate surface area is 195 Å². The number of fused-ring (bicyclic) bond motifs is 1. The van der Waals surface area contributed by atoms with E-state index in [1.165, 1.54) is 28.2 Å². The van der Waals surface area contributed by atoms with Crippen LogP contribution < -0.4 is 15.9 Å². The summed E-state index contributed by atoms with van der Waals surface area (Å²) in [7, 11) is -0.830. The lowest BCUT2D eigenvalue weighted by atomic mass is 10.1. The van der Waals surface area contributed by atoms with Gasteiger partial charge in [0, 0.05) is 24.0 Å². The van der Waals surface area contributed by atoms with Crippen molar-refractivity contribution in [2.24, 2.45) is 0 Å². The number of carbonyl (C=O) groups excluding carboxylic acids is 1. The minimum Gasteiger partial charge on any atom is -0.461 e. The fourth-order valence-electron chi connectivity index (χ4n) is 4.19. The van der Waals surface area contributed by atoms with Crippen LogP contribution >= 0.6 is 7.92 Å². The lowest BCUT2D eigenvalue weighted by molar-refractivity contribution is -0.142. The van der Waals surface area contributed by atoms with E-state index in [0.717, 1.165) is 16.8 Å². The largest absolute Gasteiger partial charge is 0.461 e. The van der Waals surface area contributed by atoms with E-state index in [-0.39, 0.29) is 12.6 Å². The van der Waals surface area contributed by atoms with Crippen molar-refractivity contribution < 1.29 is 9.53 Å². The molecule has 0 fully saturated rings. The third-order valence-electron chi connectivity index (χ3n) is 5.64. The van der Waals surface area contributed by atoms with Gasteiger partial charge in [0.2, 0.25) is 0 Å². The summed E-state index contributed by atoms with van der Waals surface area (Å²) in [6, 6.07) is 38.2. The van der Waals surface area contributed by atoms with Gasteiger partial charge in [0.1, 0.15) is 6.61 Å². The first-order valence-corrected chi connectivity index (χ1v) is 12.3. The first-order chi connectivity index (χ1) is 16.2. The number of hydrogen-bond donors (Lipinski definition) is 0. The van der Waals surface area contributed by atoms with Gasteiger partial charge in [-0.2, -0.15) is 0 Å². The Morgan fingerprint density at radius 1 is 0.758 bits per heavy atom. The minimum atomic E-state index is -0.830. The molecule has 0 bridgehead atoms. The van der Waals surface area contributed by atoms with Crippen LogP contribution in [-0.4, -0.2) is 10.5 Å². The second kappa shape index (κ2) is 9.44. The number of rotatable bonds is 6. The molecular weight excluding hydrogens is 425 g/mol. The number of para-hydroxylation sites is 2. The molecule has 0 radical (unpaired) electrons. The first-order valence-electron chi connectivity index (χ1n) is 10.9. The molecule has 0 aliphatic rings. The molecule has 3 nitrogen and oxygen atoms in total. The van der Waals surface area contributed by atoms with Crippen molar-refractivity contribution in [2.45, 2.75) is 13.5 Å². The van der Waals surface area contributed by atoms with Crippen LogP contribution in [0.3, 0.4) is 0 Å². The topological polar surface area (TPSA) is 31.2 Å². The van der Waals surface area contributed by atoms with Crippen LogP contribution in [0.2, 0.25) is 0 Å². The van der Waals surface area contributed by atoms with Gasteiger partial charge in [-0.3, -0.25) is 4.79 Å². The number of benzene rings is 4. The summed E-state index contributed by atoms with van der Waals surface area (Å²) in [6.07, 6.45) is 2.12. The normalized spacial score (nSPS) is 11.1. The maximum Gasteiger partial charge on any atom is 0.302 e. The van der Waals surface area contributed by atoms with Crippen molar-refractivity contribution in [3.63, 3.8) is 0 Å². The van der Waals surface area contributed by atoms with Crippen molar-refractivity contribution in [1.82, 2.24) is 4.57 Å². The van der Waals surface area contributed by atoms with Crippen molar-refractivity contribution in [3.05, 3.63) is 121 Å². The molecule has 5 rings (SSSR count). The predicted octanol–water partition coefficient (Wildman–Crippen LogP) is 5.45. The maximum absolute atomic E-state index is 11.7. The molecule has 4 aromatic carbocycles. The van der Waals surface area contributed by atoms with Crippen LogP contribution in [0.5, 0.6) is 0 Å². The van der Waals surface area contributed by atoms with E-state index in [9.17, 15) is 4.79 Å². The zero-order chi connectivity index (χ0) is 22.6. The summed E-state index contributed by atoms with van der Waals surface area (Å²) in [4.78, 5) is 11.7. The highest BCUT2D eigenvalue weighted by Gasteiger charge is 2.23. The summed E-state index contributed by atoms with van der Waals surface area (Å²) in [5, 5.41) is 4.96. The Kier molecular flexibility index (Phi) is 6.06. The quantitative estimate of drug-likeness (QED) is 0.255. The molecule has 0 aliphatic carbocycles. The molecule has 1 aromatic heterocycles. The number of carbonyl (C=O) groups is 1. The molecule has 0 spiro atoms. The molecule has 5 aromatic rings. The monoisotopic (exact) mass is 449 g/mol. The number of aromatic nitrogens is 1. The molecule has 0 atom stereocenters. The molecule has 162 valence electrons. The Balaban J connectivity index is 1.79. The predicted molar refractivity (Wildman–Crippen MR) is 137 cm³/mol. The molecule has 0 aliphatic heterocycles. The molecule has 0 amide bonds. The summed E-state index contributed by atoms with van der Waals surface area (Å²) < 4.78 is 7.72. The van der Waals surface area contributed by atoms with E-state index in [4.69, 9.17) is 4.74 Å². The van der Waals surface area contributed by atoms with Crippen LogP contribution in [0.15, 0.2) is 115 Å². The zero-order valence-corrected chi connectivity index (χ0v) is 19.3. The summed E-state index contributed by atoms with van der Waals surface area (Å²) in [5.74, 6) is -0.280. The van der Waals surface area contributed by atoms with Crippen molar-refractivity contribution in [3.8, 4) is 5.69 Å². The standard InChI is InChI=1S/C29H24NO2P/c1-22(31)32-21-24-12-10-18-28(29(24)30-20-19-23-11-8-9-17-27(23)30)33(25-13-4-2-5-14-25)26-15-6-3-7-16-26/h2-20H,21H2,1H3. The fraction of sp³-hybridized carbons (Fsp3) is 0.0690. The van der Waals surface area contributed by atoms with E-state index < -0.39 is 7.92 Å². The molecule has 0 N–H and O–H groups in total. The molecule has 0 saturated heterocycles. The summed E-state index contributed by atoms with van der Waals surface area (Å²) in [5.41, 5.74) is 3.20. The van der Waals surface area contributed by atoms with E-state index in [0.29, 0.717) is 0 Å². The average Bonchev–Trinajstić information content (AvgIpc) is 3.28. The van der Waals surface area contributed by atoms with Gasteiger partial charge in [0.15, 0.2) is 0 Å². The van der Waals surface area contributed by atoms with Gasteiger partial charge in [-0.25, -0.2) is 0 Å². The van der Waals surface area contributed by atoms with Crippen LogP contribution in [0.4, 0.5) is 0 Å². The van der Waals surface area contributed by atoms with Gasteiger partial charge in [0.25, 0.3) is 0 Å². The van der Waals surface area contributed by atoms with E-state index in [1.807, 2.05) is 0 Å². The van der Waals surface area contributed by atoms with Crippen LogP contribution in [0.25, 0.3) is 16.6 Å². The molecule has 0 unspecified atom stereocenters. The van der Waals surface area contributed by atoms with E-state index in [2.05, 4.69) is 120 Å². The Bertz CT molecular complexity index is 1350. The van der Waals surface area contributed by atoms with E-state index >= 15 is 0 Å². The number of ether oxygens (including phenoxy) is 1. The van der Waals surface area contributed by atoms with Crippen molar-refractivity contribution >= 4 is 40.7 Å². The smallest absolute Gasteiger partial charge is 0.302 e. The number of nitrogens with zero attached hydrogens (tertiary/aromatic N) is 1. The third kappa shape index (κ3) is 4.33. The molecular formula is C29H24NO2P. The maximum atomic E-state index is 11.7. The SMILES string of the molecule is CC(=O)OCc1cccc(P(c2ccccc2)c2ccccc2)c1-n1ccc2ccccc21. The molecule has 4 heteroatoms. The highest BCUT2D eigenvalue weighted by Crippen LogP contribution is 2.37. The van der Waals surface area contributed by atoms with Crippen molar-refractivity contribution in [2.75, 3.05) is 0 Å². The molecule has 0 saturated carbocycles. The average molecular weight is 449 g/mol. The zero-order valence-electron chi connectivity index (χ0n) is 18.4. The first kappa shape index (κ1) is 21.2. The van der Waals surface area contributed by atoms with Crippen LogP contribution in [-0.2, 0) is 16.1 Å². The summed E-state index contributed by atoms with van der Waals surface area (Å²) >= 11 is 0.